The van der Waals surface area contributed by atoms with Crippen molar-refractivity contribution in [3.63, 3.8) is 0 Å². The Kier molecular flexibility index (Phi) is 6.13. The van der Waals surface area contributed by atoms with Gasteiger partial charge in [-0.25, -0.2) is 9.37 Å². The van der Waals surface area contributed by atoms with Gasteiger partial charge in [0.05, 0.1) is 11.7 Å². The summed E-state index contributed by atoms with van der Waals surface area (Å²) in [5.74, 6) is -0.450. The third kappa shape index (κ3) is 4.87. The predicted molar refractivity (Wildman–Crippen MR) is 111 cm³/mol. The molecule has 1 aromatic heterocycles. The van der Waals surface area contributed by atoms with E-state index in [0.29, 0.717) is 15.7 Å². The quantitative estimate of drug-likeness (QED) is 0.532. The molecule has 0 unspecified atom stereocenters. The van der Waals surface area contributed by atoms with Crippen molar-refractivity contribution in [3.8, 4) is 0 Å². The highest BCUT2D eigenvalue weighted by molar-refractivity contribution is 7.98. The lowest BCUT2D eigenvalue weighted by Gasteiger charge is -2.14. The minimum atomic E-state index is -0.296. The average Bonchev–Trinajstić information content (AvgIpc) is 3.04. The number of rotatable bonds is 6. The summed E-state index contributed by atoms with van der Waals surface area (Å²) < 4.78 is 13.0. The molecule has 3 rings (SSSR count). The van der Waals surface area contributed by atoms with Crippen LogP contribution in [0.15, 0.2) is 53.4 Å². The van der Waals surface area contributed by atoms with Gasteiger partial charge >= 0.3 is 0 Å². The van der Waals surface area contributed by atoms with Crippen LogP contribution in [0, 0.1) is 12.7 Å². The van der Waals surface area contributed by atoms with Crippen molar-refractivity contribution >= 4 is 39.8 Å². The van der Waals surface area contributed by atoms with E-state index in [1.165, 1.54) is 28.4 Å². The molecular weight excluding hydrogens is 381 g/mol. The standard InChI is InChI=1S/C20H20FN3OS2/c1-12(14-4-10-17(26-3)11-5-14)22-19(25)18-13(2)23-20(27-18)24-16-8-6-15(21)7-9-16/h4-12H,1-3H3,(H,22,25)(H,23,24)/t12-/m1/s1. The molecule has 0 aliphatic heterocycles. The number of nitrogens with one attached hydrogen (secondary N) is 2. The van der Waals surface area contributed by atoms with Crippen LogP contribution < -0.4 is 10.6 Å². The van der Waals surface area contributed by atoms with E-state index in [4.69, 9.17) is 0 Å². The molecule has 0 spiro atoms. The number of hydrogen-bond donors (Lipinski definition) is 2. The maximum atomic E-state index is 13.0. The van der Waals surface area contributed by atoms with Crippen LogP contribution in [-0.4, -0.2) is 17.1 Å². The molecule has 2 N–H and O–H groups in total. The van der Waals surface area contributed by atoms with Crippen molar-refractivity contribution in [2.45, 2.75) is 24.8 Å². The molecule has 3 aromatic rings. The molecular formula is C20H20FN3OS2. The Hall–Kier alpha value is -2.38. The fourth-order valence-corrected chi connectivity index (χ4v) is 3.85. The topological polar surface area (TPSA) is 54.0 Å². The molecule has 140 valence electrons. The van der Waals surface area contributed by atoms with E-state index in [-0.39, 0.29) is 17.8 Å². The predicted octanol–water partition coefficient (Wildman–Crippen LogP) is 5.55. The lowest BCUT2D eigenvalue weighted by atomic mass is 10.1. The molecule has 0 fully saturated rings. The van der Waals surface area contributed by atoms with Gasteiger partial charge in [-0.2, -0.15) is 0 Å². The van der Waals surface area contributed by atoms with Gasteiger partial charge in [-0.1, -0.05) is 23.5 Å². The summed E-state index contributed by atoms with van der Waals surface area (Å²) in [7, 11) is 0. The highest BCUT2D eigenvalue weighted by atomic mass is 32.2. The SMILES string of the molecule is CSc1ccc([C@@H](C)NC(=O)c2sc(Nc3ccc(F)cc3)nc2C)cc1. The number of halogens is 1. The number of carbonyl (C=O) groups excluding carboxylic acids is 1. The number of aromatic nitrogens is 1. The molecule has 0 radical (unpaired) electrons. The van der Waals surface area contributed by atoms with E-state index in [1.54, 1.807) is 30.8 Å². The minimum Gasteiger partial charge on any atom is -0.345 e. The van der Waals surface area contributed by atoms with Crippen molar-refractivity contribution in [3.05, 3.63) is 70.5 Å². The summed E-state index contributed by atoms with van der Waals surface area (Å²) in [5.41, 5.74) is 2.43. The number of carbonyl (C=O) groups is 1. The number of aryl methyl sites for hydroxylation is 1. The molecule has 0 aliphatic rings. The molecule has 1 heterocycles. The minimum absolute atomic E-state index is 0.108. The first-order chi connectivity index (χ1) is 13.0. The van der Waals surface area contributed by atoms with Gasteiger partial charge in [0, 0.05) is 10.6 Å². The van der Waals surface area contributed by atoms with Gasteiger partial charge in [0.2, 0.25) is 0 Å². The van der Waals surface area contributed by atoms with Crippen LogP contribution in [0.2, 0.25) is 0 Å². The van der Waals surface area contributed by atoms with Crippen LogP contribution >= 0.6 is 23.1 Å². The monoisotopic (exact) mass is 401 g/mol. The lowest BCUT2D eigenvalue weighted by Crippen LogP contribution is -2.26. The van der Waals surface area contributed by atoms with Crippen LogP contribution in [0.25, 0.3) is 0 Å². The van der Waals surface area contributed by atoms with Gasteiger partial charge in [-0.3, -0.25) is 4.79 Å². The zero-order valence-electron chi connectivity index (χ0n) is 15.2. The maximum Gasteiger partial charge on any atom is 0.263 e. The van der Waals surface area contributed by atoms with Gasteiger partial charge in [-0.15, -0.1) is 11.8 Å². The molecule has 0 aliphatic carbocycles. The number of thioether (sulfide) groups is 1. The Labute approximate surface area is 166 Å². The van der Waals surface area contributed by atoms with Crippen LogP contribution in [0.3, 0.4) is 0 Å². The van der Waals surface area contributed by atoms with E-state index in [9.17, 15) is 9.18 Å². The third-order valence-corrected chi connectivity index (χ3v) is 5.88. The Morgan fingerprint density at radius 2 is 1.81 bits per heavy atom. The van der Waals surface area contributed by atoms with E-state index < -0.39 is 0 Å². The van der Waals surface area contributed by atoms with Crippen molar-refractivity contribution in [1.82, 2.24) is 10.3 Å². The summed E-state index contributed by atoms with van der Waals surface area (Å²) in [6.07, 6.45) is 2.03. The zero-order chi connectivity index (χ0) is 19.4. The first kappa shape index (κ1) is 19.4. The molecule has 1 amide bonds. The van der Waals surface area contributed by atoms with Gasteiger partial charge in [0.15, 0.2) is 5.13 Å². The smallest absolute Gasteiger partial charge is 0.263 e. The fourth-order valence-electron chi connectivity index (χ4n) is 2.56. The number of benzene rings is 2. The fraction of sp³-hybridized carbons (Fsp3) is 0.200. The Balaban J connectivity index is 1.68. The highest BCUT2D eigenvalue weighted by Crippen LogP contribution is 2.27. The first-order valence-corrected chi connectivity index (χ1v) is 10.4. The summed E-state index contributed by atoms with van der Waals surface area (Å²) in [6.45, 7) is 3.76. The van der Waals surface area contributed by atoms with Gasteiger partial charge in [-0.05, 0) is 62.1 Å². The summed E-state index contributed by atoms with van der Waals surface area (Å²) in [6, 6.07) is 14.1. The average molecular weight is 402 g/mol. The molecule has 4 nitrogen and oxygen atoms in total. The highest BCUT2D eigenvalue weighted by Gasteiger charge is 2.18. The van der Waals surface area contributed by atoms with Crippen LogP contribution in [0.1, 0.15) is 33.9 Å². The van der Waals surface area contributed by atoms with Crippen molar-refractivity contribution in [1.29, 1.82) is 0 Å². The number of anilines is 2. The maximum absolute atomic E-state index is 13.0. The molecule has 2 aromatic carbocycles. The molecule has 0 saturated heterocycles. The molecule has 0 saturated carbocycles. The van der Waals surface area contributed by atoms with Crippen LogP contribution in [0.5, 0.6) is 0 Å². The Bertz CT molecular complexity index is 923. The lowest BCUT2D eigenvalue weighted by molar-refractivity contribution is 0.0943. The molecule has 7 heteroatoms. The summed E-state index contributed by atoms with van der Waals surface area (Å²) in [4.78, 5) is 18.8. The van der Waals surface area contributed by atoms with Crippen molar-refractivity contribution in [2.24, 2.45) is 0 Å². The van der Waals surface area contributed by atoms with Crippen molar-refractivity contribution in [2.75, 3.05) is 11.6 Å². The second kappa shape index (κ2) is 8.54. The summed E-state index contributed by atoms with van der Waals surface area (Å²) in [5, 5.41) is 6.72. The Morgan fingerprint density at radius 1 is 1.15 bits per heavy atom. The number of thiazole rings is 1. The van der Waals surface area contributed by atoms with Crippen LogP contribution in [-0.2, 0) is 0 Å². The Morgan fingerprint density at radius 3 is 2.44 bits per heavy atom. The van der Waals surface area contributed by atoms with Gasteiger partial charge < -0.3 is 10.6 Å². The zero-order valence-corrected chi connectivity index (χ0v) is 16.9. The largest absolute Gasteiger partial charge is 0.345 e. The van der Waals surface area contributed by atoms with E-state index >= 15 is 0 Å². The second-order valence-electron chi connectivity index (χ2n) is 6.03. The van der Waals surface area contributed by atoms with E-state index in [2.05, 4.69) is 15.6 Å². The second-order valence-corrected chi connectivity index (χ2v) is 7.91. The number of amides is 1. The third-order valence-electron chi connectivity index (χ3n) is 4.06. The van der Waals surface area contributed by atoms with Crippen molar-refractivity contribution < 1.29 is 9.18 Å². The molecule has 1 atom stereocenters. The first-order valence-electron chi connectivity index (χ1n) is 8.41. The van der Waals surface area contributed by atoms with Crippen LogP contribution in [0.4, 0.5) is 15.2 Å². The number of hydrogen-bond acceptors (Lipinski definition) is 5. The molecule has 0 bridgehead atoms. The van der Waals surface area contributed by atoms with E-state index in [1.807, 2.05) is 37.4 Å². The van der Waals surface area contributed by atoms with Gasteiger partial charge in [0.25, 0.3) is 5.91 Å². The van der Waals surface area contributed by atoms with E-state index in [0.717, 1.165) is 11.3 Å². The summed E-state index contributed by atoms with van der Waals surface area (Å²) >= 11 is 2.96. The number of nitrogens with zero attached hydrogens (tertiary/aromatic N) is 1. The molecule has 27 heavy (non-hydrogen) atoms. The van der Waals surface area contributed by atoms with Gasteiger partial charge in [0.1, 0.15) is 10.7 Å². The normalized spacial score (nSPS) is 11.9.